The lowest BCUT2D eigenvalue weighted by molar-refractivity contribution is 1.09. The molecule has 5 rings (SSSR count). The third-order valence-corrected chi connectivity index (χ3v) is 6.88. The summed E-state index contributed by atoms with van der Waals surface area (Å²) in [5.74, 6) is 0. The van der Waals surface area contributed by atoms with Crippen molar-refractivity contribution < 1.29 is 0 Å². The zero-order chi connectivity index (χ0) is 26.9. The topological polar surface area (TPSA) is 31.2 Å². The molecule has 0 saturated carbocycles. The second-order valence-corrected chi connectivity index (χ2v) is 9.40. The largest absolute Gasteiger partial charge is 0.234 e. The van der Waals surface area contributed by atoms with Gasteiger partial charge in [-0.05, 0) is 59.7 Å². The molecule has 4 nitrogen and oxygen atoms in total. The molecule has 5 heteroatoms. The maximum absolute atomic E-state index is 4.89. The van der Waals surface area contributed by atoms with Crippen molar-refractivity contribution >= 4 is 58.7 Å². The van der Waals surface area contributed by atoms with Crippen LogP contribution in [0.5, 0.6) is 0 Å². The summed E-state index contributed by atoms with van der Waals surface area (Å²) in [5.41, 5.74) is 7.99. The lowest BCUT2D eigenvalue weighted by Crippen LogP contribution is -2.10. The molecule has 0 fully saturated rings. The first kappa shape index (κ1) is 25.6. The van der Waals surface area contributed by atoms with Crippen LogP contribution in [0.25, 0.3) is 12.2 Å². The van der Waals surface area contributed by atoms with Crippen molar-refractivity contribution in [1.29, 1.82) is 0 Å². The maximum Gasteiger partial charge on any atom is 0.0653 e. The third-order valence-electron chi connectivity index (χ3n) is 6.10. The van der Waals surface area contributed by atoms with Crippen molar-refractivity contribution in [2.24, 2.45) is 10.2 Å². The highest BCUT2D eigenvalue weighted by Gasteiger charge is 2.10. The van der Waals surface area contributed by atoms with E-state index in [0.29, 0.717) is 0 Å². The van der Waals surface area contributed by atoms with Gasteiger partial charge in [0.2, 0.25) is 0 Å². The lowest BCUT2D eigenvalue weighted by atomic mass is 10.2. The Labute approximate surface area is 233 Å². The minimum Gasteiger partial charge on any atom is -0.234 e. The van der Waals surface area contributed by atoms with Gasteiger partial charge in [-0.15, -0.1) is 0 Å². The van der Waals surface area contributed by atoms with Crippen molar-refractivity contribution in [3.8, 4) is 0 Å². The van der Waals surface area contributed by atoms with E-state index in [9.17, 15) is 0 Å². The summed E-state index contributed by atoms with van der Waals surface area (Å²) in [6.07, 6.45) is 7.45. The molecule has 0 N–H and O–H groups in total. The number of hydrazone groups is 2. The number of hydrogen-bond acceptors (Lipinski definition) is 5. The molecule has 190 valence electrons. The molecule has 0 radical (unpaired) electrons. The van der Waals surface area contributed by atoms with Gasteiger partial charge in [-0.25, -0.2) is 10.0 Å². The van der Waals surface area contributed by atoms with Crippen LogP contribution >= 0.6 is 11.3 Å². The Balaban J connectivity index is 1.45. The smallest absolute Gasteiger partial charge is 0.0653 e. The number of rotatable bonds is 10. The Morgan fingerprint density at radius 2 is 0.846 bits per heavy atom. The highest BCUT2D eigenvalue weighted by Crippen LogP contribution is 2.28. The standard InChI is InChI=1S/C34H28N4S/c1-3-27-15-19-33(20-16-27)37(31-11-7-5-8-12-31)35-23-29-25-39-26-30(29)24-36-38(32-13-9-6-10-14-32)34-21-17-28(4-2)18-22-34/h3-26H,1-2H2/b35-23+,36-24+. The van der Waals surface area contributed by atoms with Crippen LogP contribution in [0, 0.1) is 0 Å². The molecule has 5 aromatic rings. The molecule has 1 aromatic heterocycles. The van der Waals surface area contributed by atoms with Gasteiger partial charge >= 0.3 is 0 Å². The van der Waals surface area contributed by atoms with Gasteiger partial charge in [0.05, 0.1) is 35.2 Å². The number of nitrogens with zero attached hydrogens (tertiary/aromatic N) is 4. The molecule has 0 unspecified atom stereocenters. The molecule has 39 heavy (non-hydrogen) atoms. The fourth-order valence-corrected chi connectivity index (χ4v) is 4.73. The van der Waals surface area contributed by atoms with E-state index in [-0.39, 0.29) is 0 Å². The molecule has 0 bridgehead atoms. The maximum atomic E-state index is 4.89. The van der Waals surface area contributed by atoms with Crippen LogP contribution in [0.2, 0.25) is 0 Å². The Kier molecular flexibility index (Phi) is 8.22. The number of hydrogen-bond donors (Lipinski definition) is 0. The van der Waals surface area contributed by atoms with Gasteiger partial charge in [0.1, 0.15) is 0 Å². The zero-order valence-corrected chi connectivity index (χ0v) is 22.3. The number of para-hydroxylation sites is 2. The Hall–Kier alpha value is -5.00. The van der Waals surface area contributed by atoms with Gasteiger partial charge in [-0.1, -0.05) is 86.0 Å². The quantitative estimate of drug-likeness (QED) is 0.135. The first-order valence-corrected chi connectivity index (χ1v) is 13.5. The third kappa shape index (κ3) is 6.29. The summed E-state index contributed by atoms with van der Waals surface area (Å²) in [6.45, 7) is 7.72. The van der Waals surface area contributed by atoms with Crippen molar-refractivity contribution in [2.45, 2.75) is 0 Å². The molecule has 0 spiro atoms. The average molecular weight is 525 g/mol. The van der Waals surface area contributed by atoms with Crippen molar-refractivity contribution in [3.63, 3.8) is 0 Å². The summed E-state index contributed by atoms with van der Waals surface area (Å²) in [7, 11) is 0. The summed E-state index contributed by atoms with van der Waals surface area (Å²) in [4.78, 5) is 0. The van der Waals surface area contributed by atoms with Gasteiger partial charge in [-0.2, -0.15) is 21.5 Å². The molecule has 0 amide bonds. The van der Waals surface area contributed by atoms with Crippen molar-refractivity contribution in [2.75, 3.05) is 10.0 Å². The van der Waals surface area contributed by atoms with Gasteiger partial charge in [0, 0.05) is 21.9 Å². The Bertz CT molecular complexity index is 1450. The molecule has 0 aliphatic carbocycles. The average Bonchev–Trinajstić information content (AvgIpc) is 3.46. The van der Waals surface area contributed by atoms with E-state index in [1.807, 2.05) is 144 Å². The SMILES string of the molecule is C=Cc1ccc(N(/N=C/c2cscc2/C=N/N(c2ccccc2)c2ccc(C=C)cc2)c2ccccc2)cc1. The first-order chi connectivity index (χ1) is 19.2. The number of thiophene rings is 1. The molecule has 0 aliphatic heterocycles. The van der Waals surface area contributed by atoms with Crippen LogP contribution in [-0.4, -0.2) is 12.4 Å². The van der Waals surface area contributed by atoms with E-state index in [2.05, 4.69) is 23.9 Å². The van der Waals surface area contributed by atoms with E-state index < -0.39 is 0 Å². The van der Waals surface area contributed by atoms with E-state index in [0.717, 1.165) is 45.0 Å². The lowest BCUT2D eigenvalue weighted by Gasteiger charge is -2.20. The summed E-state index contributed by atoms with van der Waals surface area (Å²) in [5, 5.41) is 17.8. The zero-order valence-electron chi connectivity index (χ0n) is 21.5. The number of anilines is 4. The number of benzene rings is 4. The van der Waals surface area contributed by atoms with Gasteiger partial charge in [-0.3, -0.25) is 0 Å². The van der Waals surface area contributed by atoms with E-state index in [4.69, 9.17) is 10.2 Å². The van der Waals surface area contributed by atoms with Crippen LogP contribution < -0.4 is 10.0 Å². The molecule has 1 heterocycles. The summed E-state index contributed by atoms with van der Waals surface area (Å²) < 4.78 is 0. The van der Waals surface area contributed by atoms with E-state index in [1.54, 1.807) is 11.3 Å². The normalized spacial score (nSPS) is 11.1. The minimum absolute atomic E-state index is 0.965. The molecular weight excluding hydrogens is 496 g/mol. The van der Waals surface area contributed by atoms with Gasteiger partial charge in [0.25, 0.3) is 0 Å². The Morgan fingerprint density at radius 1 is 0.487 bits per heavy atom. The van der Waals surface area contributed by atoms with Gasteiger partial charge < -0.3 is 0 Å². The van der Waals surface area contributed by atoms with E-state index in [1.165, 1.54) is 0 Å². The monoisotopic (exact) mass is 524 g/mol. The van der Waals surface area contributed by atoms with Gasteiger partial charge in [0.15, 0.2) is 0 Å². The first-order valence-electron chi connectivity index (χ1n) is 12.5. The van der Waals surface area contributed by atoms with Crippen LogP contribution in [0.15, 0.2) is 143 Å². The second-order valence-electron chi connectivity index (χ2n) is 8.66. The van der Waals surface area contributed by atoms with Crippen LogP contribution in [0.4, 0.5) is 22.7 Å². The van der Waals surface area contributed by atoms with Crippen LogP contribution in [-0.2, 0) is 0 Å². The Morgan fingerprint density at radius 3 is 1.21 bits per heavy atom. The predicted octanol–water partition coefficient (Wildman–Crippen LogP) is 9.38. The fourth-order valence-electron chi connectivity index (χ4n) is 3.97. The summed E-state index contributed by atoms with van der Waals surface area (Å²) >= 11 is 1.62. The summed E-state index contributed by atoms with van der Waals surface area (Å²) in [6, 6.07) is 36.6. The van der Waals surface area contributed by atoms with Crippen LogP contribution in [0.1, 0.15) is 22.3 Å². The molecule has 0 aliphatic rings. The van der Waals surface area contributed by atoms with Crippen LogP contribution in [0.3, 0.4) is 0 Å². The minimum atomic E-state index is 0.965. The molecule has 0 saturated heterocycles. The highest BCUT2D eigenvalue weighted by molar-refractivity contribution is 7.08. The van der Waals surface area contributed by atoms with Crippen molar-refractivity contribution in [3.05, 3.63) is 155 Å². The molecular formula is C34H28N4S. The predicted molar refractivity (Wildman–Crippen MR) is 170 cm³/mol. The second kappa shape index (κ2) is 12.5. The molecule has 0 atom stereocenters. The molecule has 4 aromatic carbocycles. The van der Waals surface area contributed by atoms with E-state index >= 15 is 0 Å². The highest BCUT2D eigenvalue weighted by atomic mass is 32.1. The van der Waals surface area contributed by atoms with Crippen molar-refractivity contribution in [1.82, 2.24) is 0 Å². The fraction of sp³-hybridized carbons (Fsp3) is 0.